The summed E-state index contributed by atoms with van der Waals surface area (Å²) in [6, 6.07) is 0.0356. The Labute approximate surface area is 103 Å². The van der Waals surface area contributed by atoms with Gasteiger partial charge in [-0.05, 0) is 19.9 Å². The van der Waals surface area contributed by atoms with Crippen molar-refractivity contribution in [2.45, 2.75) is 18.9 Å². The number of amides is 1. The van der Waals surface area contributed by atoms with Gasteiger partial charge < -0.3 is 15.0 Å². The number of nitrogens with one attached hydrogen (secondary N) is 1. The van der Waals surface area contributed by atoms with E-state index in [4.69, 9.17) is 4.74 Å². The summed E-state index contributed by atoms with van der Waals surface area (Å²) in [7, 11) is 1.87. The number of hydrogen-bond acceptors (Lipinski definition) is 4. The zero-order valence-electron chi connectivity index (χ0n) is 10.7. The number of carbonyl (C=O) groups is 1. The van der Waals surface area contributed by atoms with Crippen LogP contribution < -0.4 is 5.32 Å². The van der Waals surface area contributed by atoms with Crippen molar-refractivity contribution in [3.63, 3.8) is 0 Å². The fourth-order valence-corrected chi connectivity index (χ4v) is 2.52. The molecule has 2 aliphatic heterocycles. The van der Waals surface area contributed by atoms with Crippen LogP contribution in [0, 0.1) is 0 Å². The first-order valence-electron chi connectivity index (χ1n) is 6.57. The van der Waals surface area contributed by atoms with E-state index in [0.717, 1.165) is 58.8 Å². The van der Waals surface area contributed by atoms with Crippen molar-refractivity contribution in [1.82, 2.24) is 15.1 Å². The number of nitrogens with zero attached hydrogens (tertiary/aromatic N) is 2. The van der Waals surface area contributed by atoms with Crippen molar-refractivity contribution in [1.29, 1.82) is 0 Å². The van der Waals surface area contributed by atoms with Crippen molar-refractivity contribution in [2.75, 3.05) is 53.0 Å². The number of likely N-dealkylation sites (tertiary alicyclic amines) is 1. The predicted octanol–water partition coefficient (Wildman–Crippen LogP) is -0.471. The number of hydrogen-bond donors (Lipinski definition) is 1. The van der Waals surface area contributed by atoms with E-state index in [1.807, 2.05) is 11.9 Å². The van der Waals surface area contributed by atoms with Crippen molar-refractivity contribution >= 4 is 5.91 Å². The molecule has 1 N–H and O–H groups in total. The third-order valence-corrected chi connectivity index (χ3v) is 3.67. The fraction of sp³-hybridized carbons (Fsp3) is 0.917. The van der Waals surface area contributed by atoms with Crippen LogP contribution in [0.5, 0.6) is 0 Å². The highest BCUT2D eigenvalue weighted by molar-refractivity contribution is 5.82. The third-order valence-electron chi connectivity index (χ3n) is 3.67. The fourth-order valence-electron chi connectivity index (χ4n) is 2.52. The minimum atomic E-state index is 0.0356. The van der Waals surface area contributed by atoms with Gasteiger partial charge in [-0.15, -0.1) is 0 Å². The van der Waals surface area contributed by atoms with Crippen LogP contribution in [-0.4, -0.2) is 74.7 Å². The molecule has 0 aromatic rings. The zero-order valence-corrected chi connectivity index (χ0v) is 10.7. The van der Waals surface area contributed by atoms with Gasteiger partial charge in [-0.3, -0.25) is 9.69 Å². The molecule has 2 rings (SSSR count). The molecule has 17 heavy (non-hydrogen) atoms. The summed E-state index contributed by atoms with van der Waals surface area (Å²) in [5.74, 6) is 0.270. The number of likely N-dealkylation sites (N-methyl/N-ethyl adjacent to an activating group) is 1. The number of ether oxygens (including phenoxy) is 1. The number of morpholine rings is 1. The van der Waals surface area contributed by atoms with Gasteiger partial charge in [0.05, 0.1) is 19.3 Å². The van der Waals surface area contributed by atoms with Gasteiger partial charge in [-0.1, -0.05) is 0 Å². The minimum Gasteiger partial charge on any atom is -0.379 e. The summed E-state index contributed by atoms with van der Waals surface area (Å²) in [4.78, 5) is 16.4. The normalized spacial score (nSPS) is 27.5. The van der Waals surface area contributed by atoms with E-state index in [2.05, 4.69) is 10.2 Å². The smallest absolute Gasteiger partial charge is 0.239 e. The first-order valence-corrected chi connectivity index (χ1v) is 6.57. The number of piperidine rings is 1. The summed E-state index contributed by atoms with van der Waals surface area (Å²) in [6.45, 7) is 6.40. The number of carbonyl (C=O) groups excluding carboxylic acids is 1. The van der Waals surface area contributed by atoms with Crippen LogP contribution in [0.4, 0.5) is 0 Å². The van der Waals surface area contributed by atoms with Crippen molar-refractivity contribution in [3.8, 4) is 0 Å². The quantitative estimate of drug-likeness (QED) is 0.723. The van der Waals surface area contributed by atoms with E-state index in [1.165, 1.54) is 0 Å². The molecular weight excluding hydrogens is 218 g/mol. The number of rotatable bonds is 4. The van der Waals surface area contributed by atoms with Crippen LogP contribution in [-0.2, 0) is 9.53 Å². The van der Waals surface area contributed by atoms with E-state index >= 15 is 0 Å². The molecule has 1 unspecified atom stereocenters. The van der Waals surface area contributed by atoms with Crippen LogP contribution in [0.15, 0.2) is 0 Å². The van der Waals surface area contributed by atoms with Gasteiger partial charge in [0.15, 0.2) is 0 Å². The Hall–Kier alpha value is -0.650. The molecule has 0 aliphatic carbocycles. The predicted molar refractivity (Wildman–Crippen MR) is 65.9 cm³/mol. The largest absolute Gasteiger partial charge is 0.379 e. The van der Waals surface area contributed by atoms with Gasteiger partial charge in [0, 0.05) is 32.7 Å². The molecule has 0 saturated carbocycles. The van der Waals surface area contributed by atoms with Gasteiger partial charge in [0.2, 0.25) is 5.91 Å². The first kappa shape index (κ1) is 12.8. The Morgan fingerprint density at radius 3 is 2.76 bits per heavy atom. The van der Waals surface area contributed by atoms with Gasteiger partial charge in [0.25, 0.3) is 0 Å². The lowest BCUT2D eigenvalue weighted by Gasteiger charge is -2.34. The molecule has 5 heteroatoms. The van der Waals surface area contributed by atoms with Crippen molar-refractivity contribution < 1.29 is 9.53 Å². The van der Waals surface area contributed by atoms with Gasteiger partial charge in [0.1, 0.15) is 0 Å². The van der Waals surface area contributed by atoms with E-state index in [0.29, 0.717) is 0 Å². The van der Waals surface area contributed by atoms with Crippen LogP contribution in [0.3, 0.4) is 0 Å². The molecule has 1 atom stereocenters. The Morgan fingerprint density at radius 1 is 1.29 bits per heavy atom. The lowest BCUT2D eigenvalue weighted by atomic mass is 10.1. The van der Waals surface area contributed by atoms with Gasteiger partial charge in [-0.25, -0.2) is 0 Å². The summed E-state index contributed by atoms with van der Waals surface area (Å²) < 4.78 is 5.31. The Balaban J connectivity index is 1.75. The molecule has 2 saturated heterocycles. The maximum atomic E-state index is 12.0. The highest BCUT2D eigenvalue weighted by atomic mass is 16.5. The van der Waals surface area contributed by atoms with Gasteiger partial charge >= 0.3 is 0 Å². The molecule has 1 amide bonds. The summed E-state index contributed by atoms with van der Waals surface area (Å²) in [6.07, 6.45) is 2.09. The average molecular weight is 241 g/mol. The van der Waals surface area contributed by atoms with E-state index < -0.39 is 0 Å². The van der Waals surface area contributed by atoms with Crippen LogP contribution >= 0.6 is 0 Å². The molecule has 0 aromatic heterocycles. The molecule has 2 fully saturated rings. The van der Waals surface area contributed by atoms with Gasteiger partial charge in [-0.2, -0.15) is 0 Å². The standard InChI is InChI=1S/C12H23N3O2/c1-13-11-3-2-4-15(12(11)16)6-5-14-7-9-17-10-8-14/h11,13H,2-10H2,1H3. The second-order valence-electron chi connectivity index (χ2n) is 4.76. The highest BCUT2D eigenvalue weighted by Crippen LogP contribution is 2.11. The molecule has 0 spiro atoms. The molecule has 2 heterocycles. The van der Waals surface area contributed by atoms with Crippen LogP contribution in [0.2, 0.25) is 0 Å². The lowest BCUT2D eigenvalue weighted by Crippen LogP contribution is -2.52. The Kier molecular flexibility index (Phi) is 4.76. The van der Waals surface area contributed by atoms with E-state index in [-0.39, 0.29) is 11.9 Å². The second-order valence-corrected chi connectivity index (χ2v) is 4.76. The van der Waals surface area contributed by atoms with E-state index in [1.54, 1.807) is 0 Å². The summed E-state index contributed by atoms with van der Waals surface area (Å²) in [5, 5.41) is 3.10. The minimum absolute atomic E-state index is 0.0356. The van der Waals surface area contributed by atoms with Crippen molar-refractivity contribution in [2.24, 2.45) is 0 Å². The summed E-state index contributed by atoms with van der Waals surface area (Å²) in [5.41, 5.74) is 0. The monoisotopic (exact) mass is 241 g/mol. The highest BCUT2D eigenvalue weighted by Gasteiger charge is 2.27. The Morgan fingerprint density at radius 2 is 2.06 bits per heavy atom. The third kappa shape index (κ3) is 3.40. The molecule has 0 bridgehead atoms. The maximum Gasteiger partial charge on any atom is 0.239 e. The van der Waals surface area contributed by atoms with Crippen LogP contribution in [0.25, 0.3) is 0 Å². The topological polar surface area (TPSA) is 44.8 Å². The maximum absolute atomic E-state index is 12.0. The SMILES string of the molecule is CNC1CCCN(CCN2CCOCC2)C1=O. The molecular formula is C12H23N3O2. The second kappa shape index (κ2) is 6.33. The molecule has 2 aliphatic rings. The Bertz CT molecular complexity index is 254. The molecule has 5 nitrogen and oxygen atoms in total. The average Bonchev–Trinajstić information content (AvgIpc) is 2.39. The molecule has 0 radical (unpaired) electrons. The van der Waals surface area contributed by atoms with Crippen molar-refractivity contribution in [3.05, 3.63) is 0 Å². The lowest BCUT2D eigenvalue weighted by molar-refractivity contribution is -0.136. The summed E-state index contributed by atoms with van der Waals surface area (Å²) >= 11 is 0. The first-order chi connectivity index (χ1) is 8.31. The van der Waals surface area contributed by atoms with Crippen LogP contribution in [0.1, 0.15) is 12.8 Å². The molecule has 0 aromatic carbocycles. The molecule has 98 valence electrons. The van der Waals surface area contributed by atoms with E-state index in [9.17, 15) is 4.79 Å². The zero-order chi connectivity index (χ0) is 12.1.